The number of hydrogen-bond acceptors (Lipinski definition) is 3. The normalized spacial score (nSPS) is 9.85. The van der Waals surface area contributed by atoms with Crippen molar-refractivity contribution >= 4 is 17.3 Å². The standard InChI is InChI=1S/C16H14N2O2/c1-11-9-14(7-8-15(11)16(19)20)18(2)13-5-3-12(10-17)4-6-13/h3-9H,1-2H3,(H,19,20). The third kappa shape index (κ3) is 2.62. The molecule has 0 unspecified atom stereocenters. The first-order chi connectivity index (χ1) is 9.52. The molecule has 0 atom stereocenters. The van der Waals surface area contributed by atoms with Gasteiger partial charge >= 0.3 is 5.97 Å². The van der Waals surface area contributed by atoms with Crippen LogP contribution in [-0.4, -0.2) is 18.1 Å². The van der Waals surface area contributed by atoms with Gasteiger partial charge in [0.1, 0.15) is 0 Å². The average Bonchev–Trinajstić information content (AvgIpc) is 2.46. The minimum atomic E-state index is -0.921. The van der Waals surface area contributed by atoms with Gasteiger partial charge in [-0.25, -0.2) is 4.79 Å². The van der Waals surface area contributed by atoms with E-state index in [0.717, 1.165) is 16.9 Å². The highest BCUT2D eigenvalue weighted by molar-refractivity contribution is 5.90. The molecule has 100 valence electrons. The van der Waals surface area contributed by atoms with E-state index < -0.39 is 5.97 Å². The molecule has 0 fully saturated rings. The van der Waals surface area contributed by atoms with Crippen LogP contribution in [0.4, 0.5) is 11.4 Å². The van der Waals surface area contributed by atoms with Crippen molar-refractivity contribution < 1.29 is 9.90 Å². The SMILES string of the molecule is Cc1cc(N(C)c2ccc(C#N)cc2)ccc1C(=O)O. The Kier molecular flexibility index (Phi) is 3.72. The molecule has 0 radical (unpaired) electrons. The highest BCUT2D eigenvalue weighted by Crippen LogP contribution is 2.25. The van der Waals surface area contributed by atoms with Crippen molar-refractivity contribution in [2.75, 3.05) is 11.9 Å². The Bertz CT molecular complexity index is 685. The van der Waals surface area contributed by atoms with Gasteiger partial charge in [-0.1, -0.05) is 0 Å². The van der Waals surface area contributed by atoms with E-state index in [9.17, 15) is 4.79 Å². The van der Waals surface area contributed by atoms with Crippen LogP contribution in [0.15, 0.2) is 42.5 Å². The van der Waals surface area contributed by atoms with Crippen molar-refractivity contribution in [1.29, 1.82) is 5.26 Å². The number of anilines is 2. The predicted octanol–water partition coefficient (Wildman–Crippen LogP) is 3.33. The first-order valence-corrected chi connectivity index (χ1v) is 6.11. The van der Waals surface area contributed by atoms with Crippen molar-refractivity contribution in [2.45, 2.75) is 6.92 Å². The lowest BCUT2D eigenvalue weighted by atomic mass is 10.1. The van der Waals surface area contributed by atoms with Gasteiger partial charge in [-0.2, -0.15) is 5.26 Å². The Labute approximate surface area is 117 Å². The number of nitriles is 1. The molecular weight excluding hydrogens is 252 g/mol. The first-order valence-electron chi connectivity index (χ1n) is 6.11. The summed E-state index contributed by atoms with van der Waals surface area (Å²) in [6.45, 7) is 1.78. The number of carbonyl (C=O) groups is 1. The maximum Gasteiger partial charge on any atom is 0.335 e. The lowest BCUT2D eigenvalue weighted by Crippen LogP contribution is -2.10. The summed E-state index contributed by atoms with van der Waals surface area (Å²) in [6.07, 6.45) is 0. The van der Waals surface area contributed by atoms with Gasteiger partial charge in [0, 0.05) is 18.4 Å². The first kappa shape index (κ1) is 13.6. The van der Waals surface area contributed by atoms with E-state index >= 15 is 0 Å². The number of nitrogens with zero attached hydrogens (tertiary/aromatic N) is 2. The molecule has 2 aromatic rings. The molecule has 0 aromatic heterocycles. The zero-order valence-electron chi connectivity index (χ0n) is 11.3. The van der Waals surface area contributed by atoms with E-state index in [1.54, 1.807) is 31.2 Å². The van der Waals surface area contributed by atoms with E-state index in [2.05, 4.69) is 6.07 Å². The Morgan fingerprint density at radius 2 is 1.75 bits per heavy atom. The van der Waals surface area contributed by atoms with E-state index in [0.29, 0.717) is 11.1 Å². The molecule has 2 rings (SSSR count). The number of carboxylic acids is 1. The summed E-state index contributed by atoms with van der Waals surface area (Å²) < 4.78 is 0. The van der Waals surface area contributed by atoms with Crippen LogP contribution in [0.25, 0.3) is 0 Å². The molecule has 1 N–H and O–H groups in total. The molecule has 0 aliphatic heterocycles. The van der Waals surface area contributed by atoms with E-state index in [-0.39, 0.29) is 0 Å². The fourth-order valence-corrected chi connectivity index (χ4v) is 2.01. The summed E-state index contributed by atoms with van der Waals surface area (Å²) in [4.78, 5) is 12.9. The molecule has 0 aliphatic carbocycles. The van der Waals surface area contributed by atoms with Crippen LogP contribution in [0.1, 0.15) is 21.5 Å². The second-order valence-electron chi connectivity index (χ2n) is 4.52. The second kappa shape index (κ2) is 5.45. The largest absolute Gasteiger partial charge is 0.478 e. The molecular formula is C16H14N2O2. The van der Waals surface area contributed by atoms with Crippen LogP contribution in [0.3, 0.4) is 0 Å². The molecule has 0 aliphatic rings. The third-order valence-electron chi connectivity index (χ3n) is 3.21. The number of benzene rings is 2. The van der Waals surface area contributed by atoms with Crippen molar-refractivity contribution in [1.82, 2.24) is 0 Å². The Balaban J connectivity index is 2.33. The lowest BCUT2D eigenvalue weighted by molar-refractivity contribution is 0.0696. The number of hydrogen-bond donors (Lipinski definition) is 1. The molecule has 4 heteroatoms. The van der Waals surface area contributed by atoms with Crippen molar-refractivity contribution in [3.8, 4) is 6.07 Å². The Morgan fingerprint density at radius 1 is 1.15 bits per heavy atom. The van der Waals surface area contributed by atoms with E-state index in [4.69, 9.17) is 10.4 Å². The smallest absolute Gasteiger partial charge is 0.335 e. The Hall–Kier alpha value is -2.80. The zero-order chi connectivity index (χ0) is 14.7. The maximum absolute atomic E-state index is 11.0. The highest BCUT2D eigenvalue weighted by Gasteiger charge is 2.10. The van der Waals surface area contributed by atoms with Crippen LogP contribution in [0, 0.1) is 18.3 Å². The second-order valence-corrected chi connectivity index (χ2v) is 4.52. The average molecular weight is 266 g/mol. The lowest BCUT2D eigenvalue weighted by Gasteiger charge is -2.20. The molecule has 4 nitrogen and oxygen atoms in total. The molecule has 2 aromatic carbocycles. The summed E-state index contributed by atoms with van der Waals surface area (Å²) in [6, 6.07) is 14.5. The van der Waals surface area contributed by atoms with Gasteiger partial charge in [0.2, 0.25) is 0 Å². The van der Waals surface area contributed by atoms with Gasteiger partial charge in [0.05, 0.1) is 17.2 Å². The van der Waals surface area contributed by atoms with Crippen molar-refractivity contribution in [3.63, 3.8) is 0 Å². The summed E-state index contributed by atoms with van der Waals surface area (Å²) in [5, 5.41) is 17.8. The monoisotopic (exact) mass is 266 g/mol. The van der Waals surface area contributed by atoms with Crippen LogP contribution in [0.2, 0.25) is 0 Å². The summed E-state index contributed by atoms with van der Waals surface area (Å²) in [5.41, 5.74) is 3.47. The topological polar surface area (TPSA) is 64.3 Å². The van der Waals surface area contributed by atoms with Crippen LogP contribution in [0.5, 0.6) is 0 Å². The van der Waals surface area contributed by atoms with Crippen LogP contribution >= 0.6 is 0 Å². The maximum atomic E-state index is 11.0. The molecule has 0 bridgehead atoms. The highest BCUT2D eigenvalue weighted by atomic mass is 16.4. The molecule has 0 spiro atoms. The fourth-order valence-electron chi connectivity index (χ4n) is 2.01. The third-order valence-corrected chi connectivity index (χ3v) is 3.21. The molecule has 0 saturated carbocycles. The van der Waals surface area contributed by atoms with Gasteiger partial charge in [-0.15, -0.1) is 0 Å². The number of aromatic carboxylic acids is 1. The minimum Gasteiger partial charge on any atom is -0.478 e. The number of rotatable bonds is 3. The van der Waals surface area contributed by atoms with Gasteiger partial charge in [0.25, 0.3) is 0 Å². The van der Waals surface area contributed by atoms with Gasteiger partial charge in [-0.05, 0) is 55.0 Å². The summed E-state index contributed by atoms with van der Waals surface area (Å²) in [5.74, 6) is -0.921. The van der Waals surface area contributed by atoms with Gasteiger partial charge < -0.3 is 10.0 Å². The molecule has 20 heavy (non-hydrogen) atoms. The summed E-state index contributed by atoms with van der Waals surface area (Å²) in [7, 11) is 1.90. The van der Waals surface area contributed by atoms with Gasteiger partial charge in [0.15, 0.2) is 0 Å². The van der Waals surface area contributed by atoms with E-state index in [1.807, 2.05) is 30.1 Å². The quantitative estimate of drug-likeness (QED) is 0.925. The van der Waals surface area contributed by atoms with Crippen molar-refractivity contribution in [2.24, 2.45) is 0 Å². The molecule has 0 heterocycles. The van der Waals surface area contributed by atoms with Crippen molar-refractivity contribution in [3.05, 3.63) is 59.2 Å². The number of carboxylic acid groups (broad SMARTS) is 1. The minimum absolute atomic E-state index is 0.307. The van der Waals surface area contributed by atoms with Gasteiger partial charge in [-0.3, -0.25) is 0 Å². The molecule has 0 saturated heterocycles. The number of aryl methyl sites for hydroxylation is 1. The van der Waals surface area contributed by atoms with Crippen LogP contribution in [-0.2, 0) is 0 Å². The Morgan fingerprint density at radius 3 is 2.25 bits per heavy atom. The zero-order valence-corrected chi connectivity index (χ0v) is 11.3. The van der Waals surface area contributed by atoms with Crippen LogP contribution < -0.4 is 4.90 Å². The summed E-state index contributed by atoms with van der Waals surface area (Å²) >= 11 is 0. The predicted molar refractivity (Wildman–Crippen MR) is 77.4 cm³/mol. The van der Waals surface area contributed by atoms with E-state index in [1.165, 1.54) is 0 Å². The molecule has 0 amide bonds. The fraction of sp³-hybridized carbons (Fsp3) is 0.125.